The molecule has 1 fully saturated rings. The summed E-state index contributed by atoms with van der Waals surface area (Å²) in [5, 5.41) is 7.74. The van der Waals surface area contributed by atoms with Crippen molar-refractivity contribution in [2.24, 2.45) is 5.92 Å². The molecule has 0 spiro atoms. The van der Waals surface area contributed by atoms with Gasteiger partial charge in [0.2, 0.25) is 0 Å². The fourth-order valence-electron chi connectivity index (χ4n) is 2.15. The largest absolute Gasteiger partial charge is 0.377 e. The maximum atomic E-state index is 12.0. The molecule has 0 aromatic carbocycles. The first kappa shape index (κ1) is 13.4. The first-order valence-electron chi connectivity index (χ1n) is 6.38. The smallest absolute Gasteiger partial charge is 0.287 e. The minimum absolute atomic E-state index is 0.0143. The molecule has 1 aliphatic rings. The summed E-state index contributed by atoms with van der Waals surface area (Å²) < 4.78 is 1.40. The van der Waals surface area contributed by atoms with Crippen LogP contribution in [0.25, 0.3) is 0 Å². The average Bonchev–Trinajstić information content (AvgIpc) is 3.08. The Balaban J connectivity index is 2.30. The fourth-order valence-corrected chi connectivity index (χ4v) is 2.34. The molecule has 0 bridgehead atoms. The number of nitrogens with zero attached hydrogens (tertiary/aromatic N) is 2. The molecule has 5 heteroatoms. The predicted octanol–water partition coefficient (Wildman–Crippen LogP) is 3.08. The van der Waals surface area contributed by atoms with Crippen LogP contribution >= 0.6 is 11.6 Å². The SMILES string of the molecule is CC(C)n1ncc(NC(C)(C)C2CC2)c(Cl)c1=O. The first-order valence-corrected chi connectivity index (χ1v) is 6.76. The van der Waals surface area contributed by atoms with E-state index < -0.39 is 0 Å². The number of anilines is 1. The van der Waals surface area contributed by atoms with Gasteiger partial charge in [-0.1, -0.05) is 11.6 Å². The summed E-state index contributed by atoms with van der Waals surface area (Å²) in [5.74, 6) is 0.654. The van der Waals surface area contributed by atoms with Crippen molar-refractivity contribution in [1.29, 1.82) is 0 Å². The van der Waals surface area contributed by atoms with E-state index in [1.807, 2.05) is 13.8 Å². The second kappa shape index (κ2) is 4.57. The van der Waals surface area contributed by atoms with Crippen LogP contribution in [0.5, 0.6) is 0 Å². The van der Waals surface area contributed by atoms with Crippen LogP contribution in [0.4, 0.5) is 5.69 Å². The van der Waals surface area contributed by atoms with E-state index in [2.05, 4.69) is 24.3 Å². The minimum atomic E-state index is -0.233. The zero-order chi connectivity index (χ0) is 13.5. The summed E-state index contributed by atoms with van der Waals surface area (Å²) in [6.45, 7) is 8.09. The second-order valence-corrected chi connectivity index (χ2v) is 6.21. The first-order chi connectivity index (χ1) is 8.33. The van der Waals surface area contributed by atoms with E-state index in [1.54, 1.807) is 6.20 Å². The lowest BCUT2D eigenvalue weighted by Crippen LogP contribution is -2.35. The second-order valence-electron chi connectivity index (χ2n) is 5.84. The normalized spacial score (nSPS) is 16.1. The van der Waals surface area contributed by atoms with Gasteiger partial charge in [-0.15, -0.1) is 0 Å². The summed E-state index contributed by atoms with van der Waals surface area (Å²) in [7, 11) is 0. The Bertz CT molecular complexity index is 503. The molecule has 100 valence electrons. The Labute approximate surface area is 112 Å². The topological polar surface area (TPSA) is 46.9 Å². The quantitative estimate of drug-likeness (QED) is 0.914. The molecule has 2 rings (SSSR count). The molecule has 0 atom stereocenters. The number of rotatable bonds is 4. The summed E-state index contributed by atoms with van der Waals surface area (Å²) in [6.07, 6.45) is 4.11. The van der Waals surface area contributed by atoms with Crippen molar-refractivity contribution in [2.75, 3.05) is 5.32 Å². The summed E-state index contributed by atoms with van der Waals surface area (Å²) in [4.78, 5) is 12.0. The minimum Gasteiger partial charge on any atom is -0.377 e. The van der Waals surface area contributed by atoms with E-state index in [0.29, 0.717) is 11.6 Å². The van der Waals surface area contributed by atoms with Crippen LogP contribution in [0, 0.1) is 5.92 Å². The van der Waals surface area contributed by atoms with Gasteiger partial charge in [-0.25, -0.2) is 4.68 Å². The Morgan fingerprint density at radius 3 is 2.61 bits per heavy atom. The molecule has 1 heterocycles. The molecule has 0 radical (unpaired) electrons. The highest BCUT2D eigenvalue weighted by Crippen LogP contribution is 2.41. The van der Waals surface area contributed by atoms with E-state index in [0.717, 1.165) is 0 Å². The molecular formula is C13H20ClN3O. The maximum Gasteiger partial charge on any atom is 0.287 e. The van der Waals surface area contributed by atoms with E-state index in [-0.39, 0.29) is 22.2 Å². The van der Waals surface area contributed by atoms with Crippen molar-refractivity contribution in [2.45, 2.75) is 52.1 Å². The van der Waals surface area contributed by atoms with Crippen LogP contribution in [-0.2, 0) is 0 Å². The third kappa shape index (κ3) is 2.53. The lowest BCUT2D eigenvalue weighted by atomic mass is 9.98. The standard InChI is InChI=1S/C13H20ClN3O/c1-8(2)17-12(18)11(14)10(7-15-17)16-13(3,4)9-5-6-9/h7-9,16H,5-6H2,1-4H3. The van der Waals surface area contributed by atoms with Gasteiger partial charge in [-0.2, -0.15) is 5.10 Å². The number of hydrogen-bond donors (Lipinski definition) is 1. The zero-order valence-electron chi connectivity index (χ0n) is 11.3. The fraction of sp³-hybridized carbons (Fsp3) is 0.692. The third-order valence-electron chi connectivity index (χ3n) is 3.49. The Morgan fingerprint density at radius 1 is 1.50 bits per heavy atom. The number of nitrogens with one attached hydrogen (secondary N) is 1. The van der Waals surface area contributed by atoms with Crippen molar-refractivity contribution in [3.8, 4) is 0 Å². The van der Waals surface area contributed by atoms with Crippen molar-refractivity contribution < 1.29 is 0 Å². The van der Waals surface area contributed by atoms with E-state index in [9.17, 15) is 4.79 Å². The Kier molecular flexibility index (Phi) is 3.41. The molecule has 1 aromatic rings. The van der Waals surface area contributed by atoms with Gasteiger partial charge in [0, 0.05) is 5.54 Å². The highest BCUT2D eigenvalue weighted by atomic mass is 35.5. The molecule has 0 aliphatic heterocycles. The average molecular weight is 270 g/mol. The molecule has 1 aliphatic carbocycles. The van der Waals surface area contributed by atoms with Crippen LogP contribution in [0.1, 0.15) is 46.6 Å². The van der Waals surface area contributed by atoms with E-state index in [1.165, 1.54) is 17.5 Å². The molecular weight excluding hydrogens is 250 g/mol. The third-order valence-corrected chi connectivity index (χ3v) is 3.85. The van der Waals surface area contributed by atoms with Gasteiger partial charge in [0.05, 0.1) is 17.9 Å². The molecule has 4 nitrogen and oxygen atoms in total. The van der Waals surface area contributed by atoms with Crippen LogP contribution in [-0.4, -0.2) is 15.3 Å². The van der Waals surface area contributed by atoms with E-state index in [4.69, 9.17) is 11.6 Å². The molecule has 1 N–H and O–H groups in total. The summed E-state index contributed by atoms with van der Waals surface area (Å²) in [5.41, 5.74) is 0.362. The van der Waals surface area contributed by atoms with Gasteiger partial charge in [0.25, 0.3) is 5.56 Å². The van der Waals surface area contributed by atoms with Gasteiger partial charge in [-0.05, 0) is 46.5 Å². The van der Waals surface area contributed by atoms with Gasteiger partial charge < -0.3 is 5.32 Å². The molecule has 0 amide bonds. The van der Waals surface area contributed by atoms with Gasteiger partial charge in [-0.3, -0.25) is 4.79 Å². The van der Waals surface area contributed by atoms with Gasteiger partial charge in [0.15, 0.2) is 0 Å². The maximum absolute atomic E-state index is 12.0. The van der Waals surface area contributed by atoms with Crippen LogP contribution in [0.3, 0.4) is 0 Å². The molecule has 1 aromatic heterocycles. The van der Waals surface area contributed by atoms with Crippen molar-refractivity contribution >= 4 is 17.3 Å². The number of hydrogen-bond acceptors (Lipinski definition) is 3. The Hall–Kier alpha value is -1.03. The molecule has 1 saturated carbocycles. The monoisotopic (exact) mass is 269 g/mol. The lowest BCUT2D eigenvalue weighted by Gasteiger charge is -2.28. The van der Waals surface area contributed by atoms with Crippen molar-refractivity contribution in [1.82, 2.24) is 9.78 Å². The van der Waals surface area contributed by atoms with Crippen LogP contribution in [0.15, 0.2) is 11.0 Å². The highest BCUT2D eigenvalue weighted by molar-refractivity contribution is 6.32. The van der Waals surface area contributed by atoms with E-state index >= 15 is 0 Å². The predicted molar refractivity (Wildman–Crippen MR) is 74.3 cm³/mol. The number of halogens is 1. The lowest BCUT2D eigenvalue weighted by molar-refractivity contribution is 0.486. The van der Waals surface area contributed by atoms with Gasteiger partial charge >= 0.3 is 0 Å². The molecule has 0 saturated heterocycles. The number of aromatic nitrogens is 2. The van der Waals surface area contributed by atoms with Crippen LogP contribution in [0.2, 0.25) is 5.02 Å². The summed E-state index contributed by atoms with van der Waals surface area (Å²) in [6, 6.07) is 0.0143. The molecule has 18 heavy (non-hydrogen) atoms. The van der Waals surface area contributed by atoms with Crippen LogP contribution < -0.4 is 10.9 Å². The Morgan fingerprint density at radius 2 is 2.11 bits per heavy atom. The zero-order valence-corrected chi connectivity index (χ0v) is 12.1. The highest BCUT2D eigenvalue weighted by Gasteiger charge is 2.38. The van der Waals surface area contributed by atoms with Gasteiger partial charge in [0.1, 0.15) is 5.02 Å². The van der Waals surface area contributed by atoms with Crippen molar-refractivity contribution in [3.63, 3.8) is 0 Å². The summed E-state index contributed by atoms with van der Waals surface area (Å²) >= 11 is 6.14. The van der Waals surface area contributed by atoms with Crippen molar-refractivity contribution in [3.05, 3.63) is 21.6 Å². The molecule has 0 unspecified atom stereocenters.